The zero-order chi connectivity index (χ0) is 28.1. The number of hydrogen-bond acceptors (Lipinski definition) is 4. The molecule has 226 valence electrons. The molecular formula is C33H65NO4. The fourth-order valence-corrected chi connectivity index (χ4v) is 4.95. The molecule has 0 heterocycles. The van der Waals surface area contributed by atoms with Crippen molar-refractivity contribution in [1.29, 1.82) is 0 Å². The van der Waals surface area contributed by atoms with Crippen molar-refractivity contribution in [1.82, 2.24) is 5.32 Å². The average molecular weight is 540 g/mol. The Morgan fingerprint density at radius 2 is 1.03 bits per heavy atom. The fourth-order valence-electron chi connectivity index (χ4n) is 4.95. The van der Waals surface area contributed by atoms with E-state index in [9.17, 15) is 20.1 Å². The smallest absolute Gasteiger partial charge is 0.249 e. The summed E-state index contributed by atoms with van der Waals surface area (Å²) < 4.78 is 0. The van der Waals surface area contributed by atoms with Crippen LogP contribution in [0.2, 0.25) is 0 Å². The number of aliphatic hydroxyl groups excluding tert-OH is 3. The molecule has 5 nitrogen and oxygen atoms in total. The minimum Gasteiger partial charge on any atom is -0.394 e. The van der Waals surface area contributed by atoms with Crippen LogP contribution >= 0.6 is 0 Å². The lowest BCUT2D eigenvalue weighted by molar-refractivity contribution is -0.131. The van der Waals surface area contributed by atoms with E-state index in [1.807, 2.05) is 6.08 Å². The lowest BCUT2D eigenvalue weighted by Crippen LogP contribution is -2.48. The number of unbranched alkanes of at least 4 members (excludes halogenated alkanes) is 21. The maximum Gasteiger partial charge on any atom is 0.249 e. The molecule has 0 saturated heterocycles. The second-order valence-corrected chi connectivity index (χ2v) is 11.4. The molecule has 0 saturated carbocycles. The van der Waals surface area contributed by atoms with Gasteiger partial charge in [-0.2, -0.15) is 0 Å². The van der Waals surface area contributed by atoms with Gasteiger partial charge in [-0.25, -0.2) is 0 Å². The quantitative estimate of drug-likeness (QED) is 0.0570. The van der Waals surface area contributed by atoms with E-state index >= 15 is 0 Å². The largest absolute Gasteiger partial charge is 0.394 e. The molecule has 0 aliphatic heterocycles. The van der Waals surface area contributed by atoms with E-state index < -0.39 is 24.2 Å². The van der Waals surface area contributed by atoms with Crippen molar-refractivity contribution in [2.75, 3.05) is 6.61 Å². The van der Waals surface area contributed by atoms with Crippen LogP contribution in [0, 0.1) is 0 Å². The predicted molar refractivity (Wildman–Crippen MR) is 162 cm³/mol. The van der Waals surface area contributed by atoms with E-state index in [2.05, 4.69) is 19.2 Å². The van der Waals surface area contributed by atoms with Gasteiger partial charge in [0.15, 0.2) is 0 Å². The van der Waals surface area contributed by atoms with E-state index in [4.69, 9.17) is 0 Å². The molecule has 0 bridgehead atoms. The molecule has 0 aromatic carbocycles. The third-order valence-corrected chi connectivity index (χ3v) is 7.63. The van der Waals surface area contributed by atoms with Crippen LogP contribution in [-0.2, 0) is 4.79 Å². The molecular weight excluding hydrogens is 474 g/mol. The Hall–Kier alpha value is -0.910. The van der Waals surface area contributed by atoms with Gasteiger partial charge in [-0.15, -0.1) is 0 Å². The number of rotatable bonds is 29. The molecule has 0 aromatic rings. The Labute approximate surface area is 236 Å². The van der Waals surface area contributed by atoms with Crippen LogP contribution in [0.4, 0.5) is 0 Å². The molecule has 3 unspecified atom stereocenters. The Bertz CT molecular complexity index is 525. The molecule has 0 aliphatic rings. The van der Waals surface area contributed by atoms with Gasteiger partial charge in [0.1, 0.15) is 6.10 Å². The van der Waals surface area contributed by atoms with Gasteiger partial charge in [-0.05, 0) is 19.3 Å². The number of carbonyl (C=O) groups is 1. The van der Waals surface area contributed by atoms with E-state index in [0.717, 1.165) is 32.1 Å². The Morgan fingerprint density at radius 1 is 0.632 bits per heavy atom. The van der Waals surface area contributed by atoms with Crippen LogP contribution < -0.4 is 5.32 Å². The zero-order valence-corrected chi connectivity index (χ0v) is 25.3. The summed E-state index contributed by atoms with van der Waals surface area (Å²) in [6, 6.07) is -0.789. The van der Waals surface area contributed by atoms with E-state index in [1.165, 1.54) is 116 Å². The van der Waals surface area contributed by atoms with Gasteiger partial charge in [-0.3, -0.25) is 4.79 Å². The molecule has 0 rings (SSSR count). The second-order valence-electron chi connectivity index (χ2n) is 11.4. The van der Waals surface area contributed by atoms with Crippen LogP contribution in [0.15, 0.2) is 12.2 Å². The van der Waals surface area contributed by atoms with Gasteiger partial charge in [0.05, 0.1) is 18.8 Å². The maximum atomic E-state index is 12.3. The summed E-state index contributed by atoms with van der Waals surface area (Å²) in [5, 5.41) is 32.8. The maximum absolute atomic E-state index is 12.3. The number of carbonyl (C=O) groups excluding carboxylic acids is 1. The summed E-state index contributed by atoms with van der Waals surface area (Å²) in [6.07, 6.45) is 30.8. The van der Waals surface area contributed by atoms with Crippen molar-refractivity contribution in [3.05, 3.63) is 12.2 Å². The van der Waals surface area contributed by atoms with Crippen LogP contribution in [0.5, 0.6) is 0 Å². The van der Waals surface area contributed by atoms with Crippen LogP contribution in [0.25, 0.3) is 0 Å². The second kappa shape index (κ2) is 29.1. The normalized spacial score (nSPS) is 14.1. The van der Waals surface area contributed by atoms with Crippen molar-refractivity contribution < 1.29 is 20.1 Å². The summed E-state index contributed by atoms with van der Waals surface area (Å²) in [5.41, 5.74) is 0. The molecule has 0 aliphatic carbocycles. The summed E-state index contributed by atoms with van der Waals surface area (Å²) in [4.78, 5) is 12.3. The summed E-state index contributed by atoms with van der Waals surface area (Å²) in [7, 11) is 0. The summed E-state index contributed by atoms with van der Waals surface area (Å²) in [6.45, 7) is 4.13. The standard InChI is InChI=1S/C33H65NO4/c1-3-5-7-9-11-13-15-16-17-18-20-22-24-26-28-32(37)33(38)34-30(29-35)31(36)27-25-23-21-19-14-12-10-8-6-4-2/h25,27,30-32,35-37H,3-24,26,28-29H2,1-2H3,(H,34,38)/b27-25+. The van der Waals surface area contributed by atoms with Gasteiger partial charge in [0.25, 0.3) is 0 Å². The molecule has 4 N–H and O–H groups in total. The number of hydrogen-bond donors (Lipinski definition) is 4. The van der Waals surface area contributed by atoms with Crippen molar-refractivity contribution in [3.8, 4) is 0 Å². The molecule has 0 fully saturated rings. The lowest BCUT2D eigenvalue weighted by Gasteiger charge is -2.21. The monoisotopic (exact) mass is 539 g/mol. The molecule has 1 amide bonds. The SMILES string of the molecule is CCCCCCCCCC/C=C/C(O)C(CO)NC(=O)C(O)CCCCCCCCCCCCCCCC. The summed E-state index contributed by atoms with van der Waals surface area (Å²) >= 11 is 0. The van der Waals surface area contributed by atoms with Crippen LogP contribution in [0.1, 0.15) is 168 Å². The molecule has 5 heteroatoms. The van der Waals surface area contributed by atoms with E-state index in [1.54, 1.807) is 6.08 Å². The highest BCUT2D eigenvalue weighted by atomic mass is 16.3. The number of amides is 1. The number of nitrogens with one attached hydrogen (secondary N) is 1. The minimum absolute atomic E-state index is 0.361. The van der Waals surface area contributed by atoms with Crippen LogP contribution in [0.3, 0.4) is 0 Å². The first-order valence-electron chi connectivity index (χ1n) is 16.5. The zero-order valence-electron chi connectivity index (χ0n) is 25.3. The molecule has 0 radical (unpaired) electrons. The highest BCUT2D eigenvalue weighted by Crippen LogP contribution is 2.14. The number of allylic oxidation sites excluding steroid dienone is 1. The van der Waals surface area contributed by atoms with Crippen LogP contribution in [-0.4, -0.2) is 46.1 Å². The third-order valence-electron chi connectivity index (χ3n) is 7.63. The van der Waals surface area contributed by atoms with Crippen molar-refractivity contribution >= 4 is 5.91 Å². The van der Waals surface area contributed by atoms with Gasteiger partial charge in [-0.1, -0.05) is 161 Å². The predicted octanol–water partition coefficient (Wildman–Crippen LogP) is 8.14. The Balaban J connectivity index is 3.76. The Kier molecular flexibility index (Phi) is 28.4. The van der Waals surface area contributed by atoms with E-state index in [-0.39, 0.29) is 6.61 Å². The van der Waals surface area contributed by atoms with E-state index in [0.29, 0.717) is 6.42 Å². The lowest BCUT2D eigenvalue weighted by atomic mass is 10.0. The van der Waals surface area contributed by atoms with Crippen molar-refractivity contribution in [3.63, 3.8) is 0 Å². The Morgan fingerprint density at radius 3 is 1.45 bits per heavy atom. The van der Waals surface area contributed by atoms with Crippen molar-refractivity contribution in [2.24, 2.45) is 0 Å². The first-order chi connectivity index (χ1) is 18.6. The van der Waals surface area contributed by atoms with Gasteiger partial charge >= 0.3 is 0 Å². The van der Waals surface area contributed by atoms with Crippen molar-refractivity contribution in [2.45, 2.75) is 186 Å². The molecule has 38 heavy (non-hydrogen) atoms. The topological polar surface area (TPSA) is 89.8 Å². The van der Waals surface area contributed by atoms with Gasteiger partial charge < -0.3 is 20.6 Å². The fraction of sp³-hybridized carbons (Fsp3) is 0.909. The average Bonchev–Trinajstić information content (AvgIpc) is 2.92. The van der Waals surface area contributed by atoms with Gasteiger partial charge in [0, 0.05) is 0 Å². The number of aliphatic hydroxyl groups is 3. The van der Waals surface area contributed by atoms with Gasteiger partial charge in [0.2, 0.25) is 5.91 Å². The minimum atomic E-state index is -1.09. The highest BCUT2D eigenvalue weighted by Gasteiger charge is 2.22. The molecule has 0 spiro atoms. The third kappa shape index (κ3) is 24.2. The summed E-state index contributed by atoms with van der Waals surface area (Å²) in [5.74, 6) is -0.505. The molecule has 0 aromatic heterocycles. The highest BCUT2D eigenvalue weighted by molar-refractivity contribution is 5.80. The first-order valence-corrected chi connectivity index (χ1v) is 16.5. The molecule has 3 atom stereocenters. The first kappa shape index (κ1) is 37.1.